The number of nitrogens with zero attached hydrogens (tertiary/aromatic N) is 2. The maximum atomic E-state index is 16.0. The predicted molar refractivity (Wildman–Crippen MR) is 173 cm³/mol. The predicted octanol–water partition coefficient (Wildman–Crippen LogP) is 5.39. The molecule has 0 saturated carbocycles. The summed E-state index contributed by atoms with van der Waals surface area (Å²) < 4.78 is 29.6. The summed E-state index contributed by atoms with van der Waals surface area (Å²) in [5.41, 5.74) is 8.86. The molecule has 2 aliphatic heterocycles. The average molecular weight is 604 g/mol. The molecule has 1 fully saturated rings. The van der Waals surface area contributed by atoms with Crippen molar-refractivity contribution in [1.29, 1.82) is 0 Å². The van der Waals surface area contributed by atoms with Crippen LogP contribution in [0.15, 0.2) is 77.9 Å². The first-order valence-electron chi connectivity index (χ1n) is 14.9. The fraction of sp³-hybridized carbons (Fsp3) is 0.200. The Morgan fingerprint density at radius 1 is 1.13 bits per heavy atom. The van der Waals surface area contributed by atoms with Crippen molar-refractivity contribution in [3.63, 3.8) is 0 Å². The number of methoxy groups -OCH3 is 1. The van der Waals surface area contributed by atoms with Gasteiger partial charge in [0.1, 0.15) is 22.5 Å². The Bertz CT molecular complexity index is 2240. The molecule has 1 unspecified atom stereocenters. The number of aromatic nitrogens is 2. The summed E-state index contributed by atoms with van der Waals surface area (Å²) in [5.74, 6) is 0.369. The van der Waals surface area contributed by atoms with E-state index < -0.39 is 17.2 Å². The molecule has 0 aliphatic carbocycles. The zero-order chi connectivity index (χ0) is 30.8. The third-order valence-corrected chi connectivity index (χ3v) is 8.91. The van der Waals surface area contributed by atoms with Crippen LogP contribution in [0.25, 0.3) is 38.3 Å². The fourth-order valence-electron chi connectivity index (χ4n) is 6.63. The van der Waals surface area contributed by atoms with Crippen molar-refractivity contribution in [1.82, 2.24) is 14.9 Å². The highest BCUT2D eigenvalue weighted by molar-refractivity contribution is 6.02. The smallest absolute Gasteiger partial charge is 0.256 e. The molecule has 4 aromatic carbocycles. The molecule has 0 spiro atoms. The molecular formula is C35H30FN5O4. The lowest BCUT2D eigenvalue weighted by Gasteiger charge is -2.29. The summed E-state index contributed by atoms with van der Waals surface area (Å²) in [5, 5.41) is 5.89. The summed E-state index contributed by atoms with van der Waals surface area (Å²) in [4.78, 5) is 32.6. The molecule has 4 heterocycles. The number of ether oxygens (including phenoxy) is 2. The number of pyridine rings is 1. The molecule has 1 atom stereocenters. The number of fused-ring (bicyclic) bond motifs is 4. The molecule has 45 heavy (non-hydrogen) atoms. The van der Waals surface area contributed by atoms with Crippen molar-refractivity contribution in [3.8, 4) is 22.9 Å². The van der Waals surface area contributed by atoms with Crippen LogP contribution in [0.3, 0.4) is 0 Å². The third kappa shape index (κ3) is 4.40. The second kappa shape index (κ2) is 10.4. The lowest BCUT2D eigenvalue weighted by molar-refractivity contribution is 0.0952. The van der Waals surface area contributed by atoms with Crippen LogP contribution in [-0.4, -0.2) is 48.2 Å². The number of nitrogens with one attached hydrogen (secondary N) is 2. The van der Waals surface area contributed by atoms with Crippen LogP contribution >= 0.6 is 0 Å². The number of H-pyrrole nitrogens is 1. The minimum absolute atomic E-state index is 0.0740. The van der Waals surface area contributed by atoms with E-state index in [1.54, 1.807) is 17.9 Å². The van der Waals surface area contributed by atoms with E-state index in [1.165, 1.54) is 6.07 Å². The lowest BCUT2D eigenvalue weighted by atomic mass is 10.0. The van der Waals surface area contributed by atoms with Gasteiger partial charge in [-0.2, -0.15) is 0 Å². The Balaban J connectivity index is 1.22. The summed E-state index contributed by atoms with van der Waals surface area (Å²) in [6.45, 7) is 1.33. The number of amides is 1. The number of halogens is 1. The Hall–Kier alpha value is -5.35. The van der Waals surface area contributed by atoms with Crippen LogP contribution in [0.2, 0.25) is 0 Å². The van der Waals surface area contributed by atoms with E-state index >= 15 is 4.39 Å². The van der Waals surface area contributed by atoms with Gasteiger partial charge >= 0.3 is 0 Å². The first kappa shape index (κ1) is 27.2. The molecule has 226 valence electrons. The molecule has 10 heteroatoms. The van der Waals surface area contributed by atoms with Crippen molar-refractivity contribution in [2.75, 3.05) is 31.6 Å². The van der Waals surface area contributed by atoms with Gasteiger partial charge in [0.2, 0.25) is 5.43 Å². The lowest BCUT2D eigenvalue weighted by Crippen LogP contribution is -2.32. The first-order chi connectivity index (χ1) is 21.9. The largest absolute Gasteiger partial charge is 0.497 e. The van der Waals surface area contributed by atoms with Gasteiger partial charge in [0, 0.05) is 49.0 Å². The van der Waals surface area contributed by atoms with Crippen LogP contribution in [0.4, 0.5) is 10.1 Å². The van der Waals surface area contributed by atoms with Crippen molar-refractivity contribution in [3.05, 3.63) is 100 Å². The quantitative estimate of drug-likeness (QED) is 0.235. The summed E-state index contributed by atoms with van der Waals surface area (Å²) >= 11 is 0. The van der Waals surface area contributed by atoms with E-state index in [0.717, 1.165) is 39.4 Å². The highest BCUT2D eigenvalue weighted by atomic mass is 19.1. The Morgan fingerprint density at radius 2 is 1.96 bits per heavy atom. The normalized spacial score (nSPS) is 15.4. The number of carbonyl (C=O) groups is 1. The number of aromatic amines is 1. The van der Waals surface area contributed by atoms with Gasteiger partial charge in [-0.3, -0.25) is 9.59 Å². The number of hydrogen-bond donors (Lipinski definition) is 3. The zero-order valence-electron chi connectivity index (χ0n) is 24.5. The van der Waals surface area contributed by atoms with E-state index in [4.69, 9.17) is 15.2 Å². The molecule has 2 aliphatic rings. The van der Waals surface area contributed by atoms with Gasteiger partial charge in [0.05, 0.1) is 18.2 Å². The topological polar surface area (TPSA) is 115 Å². The van der Waals surface area contributed by atoms with Crippen LogP contribution in [-0.2, 0) is 6.42 Å². The fourth-order valence-corrected chi connectivity index (χ4v) is 6.63. The first-order valence-corrected chi connectivity index (χ1v) is 14.9. The Labute approximate surface area is 257 Å². The van der Waals surface area contributed by atoms with Crippen molar-refractivity contribution in [2.24, 2.45) is 5.73 Å². The number of anilines is 1. The Kier molecular flexibility index (Phi) is 6.28. The van der Waals surface area contributed by atoms with E-state index in [0.29, 0.717) is 43.0 Å². The molecule has 1 saturated heterocycles. The summed E-state index contributed by atoms with van der Waals surface area (Å²) in [6.07, 6.45) is 4.70. The van der Waals surface area contributed by atoms with Gasteiger partial charge in [-0.15, -0.1) is 0 Å². The van der Waals surface area contributed by atoms with Crippen molar-refractivity contribution < 1.29 is 18.7 Å². The Morgan fingerprint density at radius 3 is 2.73 bits per heavy atom. The SMILES string of the molecule is COc1ccc2[nH]cc(CCNC(=O)c3cn4c5c(c(N6CCC(N)C6)c(F)cc5c3=O)Oc3cc5ccccc5cc3-4)c2c1. The number of rotatable bonds is 6. The maximum Gasteiger partial charge on any atom is 0.256 e. The second-order valence-corrected chi connectivity index (χ2v) is 11.7. The molecule has 4 N–H and O–H groups in total. The van der Waals surface area contributed by atoms with Crippen LogP contribution in [0.1, 0.15) is 22.3 Å². The zero-order valence-corrected chi connectivity index (χ0v) is 24.5. The van der Waals surface area contributed by atoms with Crippen LogP contribution in [0, 0.1) is 5.82 Å². The highest BCUT2D eigenvalue weighted by Crippen LogP contribution is 2.48. The third-order valence-electron chi connectivity index (χ3n) is 8.91. The molecule has 0 bridgehead atoms. The summed E-state index contributed by atoms with van der Waals surface area (Å²) in [7, 11) is 1.62. The maximum absolute atomic E-state index is 16.0. The number of benzene rings is 4. The monoisotopic (exact) mass is 603 g/mol. The van der Waals surface area contributed by atoms with Gasteiger partial charge < -0.3 is 35.0 Å². The van der Waals surface area contributed by atoms with E-state index in [2.05, 4.69) is 10.3 Å². The van der Waals surface area contributed by atoms with Crippen LogP contribution < -0.4 is 30.9 Å². The average Bonchev–Trinajstić information content (AvgIpc) is 3.66. The second-order valence-electron chi connectivity index (χ2n) is 11.7. The van der Waals surface area contributed by atoms with Gasteiger partial charge in [-0.05, 0) is 65.6 Å². The molecule has 8 rings (SSSR count). The van der Waals surface area contributed by atoms with E-state index in [1.807, 2.05) is 65.7 Å². The minimum atomic E-state index is -0.591. The van der Waals surface area contributed by atoms with Gasteiger partial charge in [-0.25, -0.2) is 4.39 Å². The van der Waals surface area contributed by atoms with Crippen LogP contribution in [0.5, 0.6) is 17.2 Å². The summed E-state index contributed by atoms with van der Waals surface area (Å²) in [6, 6.07) is 18.6. The highest BCUT2D eigenvalue weighted by Gasteiger charge is 2.33. The molecule has 9 nitrogen and oxygen atoms in total. The van der Waals surface area contributed by atoms with Gasteiger partial charge in [-0.1, -0.05) is 24.3 Å². The number of carbonyl (C=O) groups excluding carboxylic acids is 1. The van der Waals surface area contributed by atoms with Crippen molar-refractivity contribution in [2.45, 2.75) is 18.9 Å². The molecular weight excluding hydrogens is 573 g/mol. The van der Waals surface area contributed by atoms with E-state index in [9.17, 15) is 9.59 Å². The number of hydrogen-bond acceptors (Lipinski definition) is 6. The van der Waals surface area contributed by atoms with Crippen molar-refractivity contribution >= 4 is 44.2 Å². The van der Waals surface area contributed by atoms with Gasteiger partial charge in [0.15, 0.2) is 17.3 Å². The van der Waals surface area contributed by atoms with Gasteiger partial charge in [0.25, 0.3) is 5.91 Å². The van der Waals surface area contributed by atoms with E-state index in [-0.39, 0.29) is 28.4 Å². The molecule has 2 aromatic heterocycles. The molecule has 0 radical (unpaired) electrons. The minimum Gasteiger partial charge on any atom is -0.497 e. The standard InChI is InChI=1S/C35H30FN5O4/c1-44-23-6-7-28-24(14-23)21(16-39-28)8-10-38-35(43)26-18-41-29-12-19-4-2-3-5-20(19)13-30(29)45-34-31(41)25(33(26)42)15-27(36)32(34)40-11-9-22(37)17-40/h2-7,12-16,18,22,39H,8-11,17,37H2,1H3,(H,38,43). The number of nitrogens with two attached hydrogens (primary N) is 1. The molecule has 1 amide bonds. The molecule has 6 aromatic rings.